The fourth-order valence-corrected chi connectivity index (χ4v) is 2.94. The lowest BCUT2D eigenvalue weighted by molar-refractivity contribution is 0.254. The molecule has 8 nitrogen and oxygen atoms in total. The Labute approximate surface area is 107 Å². The van der Waals surface area contributed by atoms with E-state index in [1.54, 1.807) is 0 Å². The molecule has 0 saturated heterocycles. The fourth-order valence-electron chi connectivity index (χ4n) is 0.763. The third-order valence-corrected chi connectivity index (χ3v) is 4.33. The number of carbonyl (C=O) groups is 1. The third kappa shape index (κ3) is 4.07. The SMILES string of the molecule is CNC(=O)Nc1nnc(S(=O)(=O)NCCCl)s1. The molecule has 0 aliphatic heterocycles. The average molecular weight is 300 g/mol. The Bertz CT molecular complexity index is 488. The standard InChI is InChI=1S/C6H10ClN5O3S2/c1-8-4(13)10-5-11-12-6(16-5)17(14,15)9-3-2-7/h9H,2-3H2,1H3,(H2,8,10,11,13). The van der Waals surface area contributed by atoms with Crippen molar-refractivity contribution in [3.8, 4) is 0 Å². The van der Waals surface area contributed by atoms with E-state index in [1.165, 1.54) is 7.05 Å². The van der Waals surface area contributed by atoms with Gasteiger partial charge in [-0.1, -0.05) is 11.3 Å². The lowest BCUT2D eigenvalue weighted by atomic mass is 10.8. The van der Waals surface area contributed by atoms with Crippen molar-refractivity contribution in [2.75, 3.05) is 24.8 Å². The van der Waals surface area contributed by atoms with Crippen molar-refractivity contribution in [2.45, 2.75) is 4.34 Å². The molecule has 1 aromatic heterocycles. The van der Waals surface area contributed by atoms with E-state index in [0.29, 0.717) is 0 Å². The van der Waals surface area contributed by atoms with Crippen molar-refractivity contribution in [1.82, 2.24) is 20.2 Å². The van der Waals surface area contributed by atoms with Crippen LogP contribution in [0.25, 0.3) is 0 Å². The molecule has 1 heterocycles. The Hall–Kier alpha value is -0.970. The van der Waals surface area contributed by atoms with Crippen molar-refractivity contribution in [2.24, 2.45) is 0 Å². The number of nitrogens with zero attached hydrogens (tertiary/aromatic N) is 2. The number of carbonyl (C=O) groups excluding carboxylic acids is 1. The molecule has 1 aromatic rings. The number of hydrogen-bond donors (Lipinski definition) is 3. The molecule has 1 rings (SSSR count). The van der Waals surface area contributed by atoms with E-state index in [-0.39, 0.29) is 21.9 Å². The highest BCUT2D eigenvalue weighted by atomic mass is 35.5. The fraction of sp³-hybridized carbons (Fsp3) is 0.500. The maximum Gasteiger partial charge on any atom is 0.320 e. The van der Waals surface area contributed by atoms with Crippen LogP contribution in [0, 0.1) is 0 Å². The van der Waals surface area contributed by atoms with E-state index in [1.807, 2.05) is 0 Å². The lowest BCUT2D eigenvalue weighted by Crippen LogP contribution is -2.25. The van der Waals surface area contributed by atoms with Crippen molar-refractivity contribution in [3.63, 3.8) is 0 Å². The first-order valence-corrected chi connectivity index (χ1v) is 7.21. The quantitative estimate of drug-likeness (QED) is 0.515. The van der Waals surface area contributed by atoms with Crippen LogP contribution in [0.1, 0.15) is 0 Å². The third-order valence-electron chi connectivity index (χ3n) is 1.47. The number of sulfonamides is 1. The molecule has 96 valence electrons. The van der Waals surface area contributed by atoms with E-state index in [0.717, 1.165) is 11.3 Å². The zero-order chi connectivity index (χ0) is 12.9. The normalized spacial score (nSPS) is 11.2. The van der Waals surface area contributed by atoms with Crippen LogP contribution in [-0.4, -0.2) is 44.1 Å². The van der Waals surface area contributed by atoms with Gasteiger partial charge in [-0.3, -0.25) is 5.32 Å². The van der Waals surface area contributed by atoms with Crippen LogP contribution in [0.3, 0.4) is 0 Å². The molecular formula is C6H10ClN5O3S2. The number of hydrogen-bond acceptors (Lipinski definition) is 6. The van der Waals surface area contributed by atoms with Crippen molar-refractivity contribution in [3.05, 3.63) is 0 Å². The second-order valence-corrected chi connectivity index (χ2v) is 5.96. The molecule has 0 aliphatic carbocycles. The van der Waals surface area contributed by atoms with E-state index >= 15 is 0 Å². The van der Waals surface area contributed by atoms with Crippen LogP contribution in [0.5, 0.6) is 0 Å². The van der Waals surface area contributed by atoms with Crippen molar-refractivity contribution in [1.29, 1.82) is 0 Å². The van der Waals surface area contributed by atoms with E-state index in [2.05, 4.69) is 25.6 Å². The molecule has 0 aromatic carbocycles. The Balaban J connectivity index is 2.77. The van der Waals surface area contributed by atoms with Gasteiger partial charge in [-0.2, -0.15) is 0 Å². The van der Waals surface area contributed by atoms with Crippen molar-refractivity contribution >= 4 is 44.1 Å². The van der Waals surface area contributed by atoms with Crippen molar-refractivity contribution < 1.29 is 13.2 Å². The monoisotopic (exact) mass is 299 g/mol. The molecule has 0 saturated carbocycles. The number of anilines is 1. The zero-order valence-corrected chi connectivity index (χ0v) is 11.1. The van der Waals surface area contributed by atoms with Gasteiger partial charge in [0.2, 0.25) is 9.47 Å². The molecule has 0 bridgehead atoms. The van der Waals surface area contributed by atoms with Gasteiger partial charge in [0.15, 0.2) is 0 Å². The zero-order valence-electron chi connectivity index (χ0n) is 8.73. The molecule has 11 heteroatoms. The molecule has 0 radical (unpaired) electrons. The first kappa shape index (κ1) is 14.1. The van der Waals surface area contributed by atoms with Gasteiger partial charge in [-0.15, -0.1) is 21.8 Å². The van der Waals surface area contributed by atoms with Gasteiger partial charge in [0.05, 0.1) is 0 Å². The van der Waals surface area contributed by atoms with E-state index in [9.17, 15) is 13.2 Å². The summed E-state index contributed by atoms with van der Waals surface area (Å²) in [5, 5.41) is 11.7. The van der Waals surface area contributed by atoms with Crippen LogP contribution in [-0.2, 0) is 10.0 Å². The molecule has 0 atom stereocenters. The minimum atomic E-state index is -3.71. The Kier molecular flexibility index (Phi) is 5.05. The summed E-state index contributed by atoms with van der Waals surface area (Å²) < 4.78 is 25.1. The number of urea groups is 1. The number of alkyl halides is 1. The predicted octanol–water partition coefficient (Wildman–Crippen LogP) is -0.194. The second-order valence-electron chi connectivity index (χ2n) is 2.66. The molecular weight excluding hydrogens is 290 g/mol. The van der Waals surface area contributed by atoms with Crippen LogP contribution in [0.2, 0.25) is 0 Å². The number of aromatic nitrogens is 2. The molecule has 3 N–H and O–H groups in total. The summed E-state index contributed by atoms with van der Waals surface area (Å²) in [7, 11) is -2.28. The lowest BCUT2D eigenvalue weighted by Gasteiger charge is -1.99. The summed E-state index contributed by atoms with van der Waals surface area (Å²) >= 11 is 6.11. The van der Waals surface area contributed by atoms with Gasteiger partial charge in [0, 0.05) is 19.5 Å². The first-order chi connectivity index (χ1) is 7.99. The molecule has 0 aliphatic rings. The topological polar surface area (TPSA) is 113 Å². The minimum Gasteiger partial charge on any atom is -0.341 e. The first-order valence-electron chi connectivity index (χ1n) is 4.37. The highest BCUT2D eigenvalue weighted by Gasteiger charge is 2.19. The highest BCUT2D eigenvalue weighted by Crippen LogP contribution is 2.19. The average Bonchev–Trinajstić information content (AvgIpc) is 2.75. The summed E-state index contributed by atoms with van der Waals surface area (Å²) in [6.45, 7) is 0.0989. The largest absolute Gasteiger partial charge is 0.341 e. The molecule has 2 amide bonds. The van der Waals surface area contributed by atoms with Crippen LogP contribution in [0.4, 0.5) is 9.93 Å². The Morgan fingerprint density at radius 3 is 2.76 bits per heavy atom. The summed E-state index contributed by atoms with van der Waals surface area (Å²) in [4.78, 5) is 10.9. The smallest absolute Gasteiger partial charge is 0.320 e. The molecule has 0 spiro atoms. The van der Waals surface area contributed by atoms with Crippen LogP contribution < -0.4 is 15.4 Å². The van der Waals surface area contributed by atoms with Gasteiger partial charge in [-0.25, -0.2) is 17.9 Å². The van der Waals surface area contributed by atoms with Gasteiger partial charge in [0.1, 0.15) is 0 Å². The summed E-state index contributed by atoms with van der Waals surface area (Å²) in [5.74, 6) is 0.154. The second kappa shape index (κ2) is 6.10. The minimum absolute atomic E-state index is 0.0931. The van der Waals surface area contributed by atoms with Gasteiger partial charge >= 0.3 is 6.03 Å². The maximum absolute atomic E-state index is 11.6. The Morgan fingerprint density at radius 1 is 1.47 bits per heavy atom. The number of halogens is 1. The summed E-state index contributed by atoms with van der Waals surface area (Å²) in [6, 6.07) is -0.501. The molecule has 17 heavy (non-hydrogen) atoms. The molecule has 0 unspecified atom stereocenters. The van der Waals surface area contributed by atoms with Gasteiger partial charge < -0.3 is 5.32 Å². The molecule has 0 fully saturated rings. The summed E-state index contributed by atoms with van der Waals surface area (Å²) in [6.07, 6.45) is 0. The van der Waals surface area contributed by atoms with Gasteiger partial charge in [0.25, 0.3) is 10.0 Å². The highest BCUT2D eigenvalue weighted by molar-refractivity contribution is 7.91. The van der Waals surface area contributed by atoms with Crippen LogP contribution >= 0.6 is 22.9 Å². The van der Waals surface area contributed by atoms with E-state index < -0.39 is 16.1 Å². The van der Waals surface area contributed by atoms with Gasteiger partial charge in [-0.05, 0) is 0 Å². The number of nitrogens with one attached hydrogen (secondary N) is 3. The number of rotatable bonds is 5. The predicted molar refractivity (Wildman–Crippen MR) is 63.9 cm³/mol. The van der Waals surface area contributed by atoms with E-state index in [4.69, 9.17) is 11.6 Å². The summed E-state index contributed by atoms with van der Waals surface area (Å²) in [5.41, 5.74) is 0. The Morgan fingerprint density at radius 2 is 2.18 bits per heavy atom. The van der Waals surface area contributed by atoms with Crippen LogP contribution in [0.15, 0.2) is 4.34 Å². The number of amides is 2. The maximum atomic E-state index is 11.6.